The summed E-state index contributed by atoms with van der Waals surface area (Å²) in [6.07, 6.45) is 0. The normalized spacial score (nSPS) is 10.1. The van der Waals surface area contributed by atoms with Gasteiger partial charge in [0.1, 0.15) is 17.4 Å². The van der Waals surface area contributed by atoms with E-state index in [-0.39, 0.29) is 17.1 Å². The SMILES string of the molecule is O=C(COc1ccc([N+](=O)[O-])cc1)Nc1cc(F)ccc1F. The molecule has 0 aliphatic heterocycles. The molecule has 0 aromatic heterocycles. The number of rotatable bonds is 5. The van der Waals surface area contributed by atoms with Crippen molar-refractivity contribution >= 4 is 17.3 Å². The van der Waals surface area contributed by atoms with Crippen LogP contribution in [0.3, 0.4) is 0 Å². The molecule has 22 heavy (non-hydrogen) atoms. The van der Waals surface area contributed by atoms with Crippen molar-refractivity contribution in [3.8, 4) is 5.75 Å². The van der Waals surface area contributed by atoms with Crippen molar-refractivity contribution < 1.29 is 23.2 Å². The van der Waals surface area contributed by atoms with E-state index in [1.165, 1.54) is 24.3 Å². The monoisotopic (exact) mass is 308 g/mol. The summed E-state index contributed by atoms with van der Waals surface area (Å²) in [7, 11) is 0. The second kappa shape index (κ2) is 6.61. The Balaban J connectivity index is 1.92. The first-order valence-corrected chi connectivity index (χ1v) is 6.08. The fourth-order valence-corrected chi connectivity index (χ4v) is 1.59. The van der Waals surface area contributed by atoms with Crippen molar-refractivity contribution in [3.63, 3.8) is 0 Å². The summed E-state index contributed by atoms with van der Waals surface area (Å²) in [6.45, 7) is -0.451. The maximum Gasteiger partial charge on any atom is 0.269 e. The molecule has 0 atom stereocenters. The molecule has 2 aromatic carbocycles. The zero-order valence-electron chi connectivity index (χ0n) is 11.1. The van der Waals surface area contributed by atoms with Crippen LogP contribution in [-0.4, -0.2) is 17.4 Å². The van der Waals surface area contributed by atoms with Crippen LogP contribution in [0.2, 0.25) is 0 Å². The Morgan fingerprint density at radius 3 is 2.50 bits per heavy atom. The molecule has 2 aromatic rings. The van der Waals surface area contributed by atoms with Gasteiger partial charge in [0, 0.05) is 18.2 Å². The van der Waals surface area contributed by atoms with Crippen LogP contribution in [0.1, 0.15) is 0 Å². The molecule has 0 radical (unpaired) electrons. The molecule has 0 saturated carbocycles. The maximum atomic E-state index is 13.3. The van der Waals surface area contributed by atoms with Crippen molar-refractivity contribution in [2.75, 3.05) is 11.9 Å². The predicted octanol–water partition coefficient (Wildman–Crippen LogP) is 2.89. The van der Waals surface area contributed by atoms with Gasteiger partial charge in [0.25, 0.3) is 11.6 Å². The van der Waals surface area contributed by atoms with Gasteiger partial charge < -0.3 is 10.1 Å². The van der Waals surface area contributed by atoms with E-state index in [9.17, 15) is 23.7 Å². The molecule has 6 nitrogen and oxygen atoms in total. The number of amides is 1. The second-order valence-electron chi connectivity index (χ2n) is 4.21. The minimum absolute atomic E-state index is 0.112. The number of carbonyl (C=O) groups excluding carboxylic acids is 1. The summed E-state index contributed by atoms with van der Waals surface area (Å²) in [6, 6.07) is 7.76. The first-order chi connectivity index (χ1) is 10.5. The highest BCUT2D eigenvalue weighted by Gasteiger charge is 2.10. The zero-order valence-corrected chi connectivity index (χ0v) is 11.1. The maximum absolute atomic E-state index is 13.3. The Bertz CT molecular complexity index is 704. The molecule has 0 spiro atoms. The Morgan fingerprint density at radius 2 is 1.86 bits per heavy atom. The number of ether oxygens (including phenoxy) is 1. The highest BCUT2D eigenvalue weighted by molar-refractivity contribution is 5.92. The summed E-state index contributed by atoms with van der Waals surface area (Å²) in [4.78, 5) is 21.5. The molecule has 114 valence electrons. The van der Waals surface area contributed by atoms with Crippen molar-refractivity contribution in [1.29, 1.82) is 0 Å². The fraction of sp³-hybridized carbons (Fsp3) is 0.0714. The number of benzene rings is 2. The van der Waals surface area contributed by atoms with E-state index in [1.807, 2.05) is 0 Å². The number of anilines is 1. The van der Waals surface area contributed by atoms with Crippen LogP contribution >= 0.6 is 0 Å². The fourth-order valence-electron chi connectivity index (χ4n) is 1.59. The van der Waals surface area contributed by atoms with Gasteiger partial charge in [0.05, 0.1) is 10.6 Å². The van der Waals surface area contributed by atoms with Crippen LogP contribution in [0.5, 0.6) is 5.75 Å². The van der Waals surface area contributed by atoms with Crippen LogP contribution in [0.15, 0.2) is 42.5 Å². The first-order valence-electron chi connectivity index (χ1n) is 6.08. The quantitative estimate of drug-likeness (QED) is 0.680. The number of nitrogens with one attached hydrogen (secondary N) is 1. The van der Waals surface area contributed by atoms with Gasteiger partial charge >= 0.3 is 0 Å². The molecular formula is C14H10F2N2O4. The van der Waals surface area contributed by atoms with Crippen molar-refractivity contribution in [2.24, 2.45) is 0 Å². The Hall–Kier alpha value is -3.03. The number of hydrogen-bond acceptors (Lipinski definition) is 4. The van der Waals surface area contributed by atoms with Crippen LogP contribution in [0, 0.1) is 21.7 Å². The van der Waals surface area contributed by atoms with Gasteiger partial charge in [-0.3, -0.25) is 14.9 Å². The second-order valence-corrected chi connectivity index (χ2v) is 4.21. The molecular weight excluding hydrogens is 298 g/mol. The van der Waals surface area contributed by atoms with E-state index in [0.29, 0.717) is 0 Å². The summed E-state index contributed by atoms with van der Waals surface area (Å²) in [5.74, 6) is -1.92. The molecule has 0 saturated heterocycles. The van der Waals surface area contributed by atoms with Crippen LogP contribution < -0.4 is 10.1 Å². The van der Waals surface area contributed by atoms with E-state index >= 15 is 0 Å². The van der Waals surface area contributed by atoms with Gasteiger partial charge in [-0.05, 0) is 24.3 Å². The highest BCUT2D eigenvalue weighted by Crippen LogP contribution is 2.18. The molecule has 0 heterocycles. The largest absolute Gasteiger partial charge is 0.484 e. The average Bonchev–Trinajstić information content (AvgIpc) is 2.49. The summed E-state index contributed by atoms with van der Waals surface area (Å²) in [5.41, 5.74) is -0.407. The number of nitrogens with zero attached hydrogens (tertiary/aromatic N) is 1. The summed E-state index contributed by atoms with van der Waals surface area (Å²) in [5, 5.41) is 12.6. The van der Waals surface area contributed by atoms with Crippen molar-refractivity contribution in [1.82, 2.24) is 0 Å². The third kappa shape index (κ3) is 3.98. The van der Waals surface area contributed by atoms with E-state index < -0.39 is 29.1 Å². The van der Waals surface area contributed by atoms with Gasteiger partial charge in [-0.25, -0.2) is 8.78 Å². The van der Waals surface area contributed by atoms with E-state index in [0.717, 1.165) is 18.2 Å². The van der Waals surface area contributed by atoms with E-state index in [4.69, 9.17) is 4.74 Å². The van der Waals surface area contributed by atoms with Gasteiger partial charge in [-0.15, -0.1) is 0 Å². The number of nitro benzene ring substituents is 1. The lowest BCUT2D eigenvalue weighted by atomic mass is 10.3. The standard InChI is InChI=1S/C14H10F2N2O4/c15-9-1-6-12(16)13(7-9)17-14(19)8-22-11-4-2-10(3-5-11)18(20)21/h1-7H,8H2,(H,17,19). The number of carbonyl (C=O) groups is 1. The molecule has 1 amide bonds. The smallest absolute Gasteiger partial charge is 0.269 e. The molecule has 8 heteroatoms. The first kappa shape index (κ1) is 15.4. The van der Waals surface area contributed by atoms with Gasteiger partial charge in [0.15, 0.2) is 6.61 Å². The van der Waals surface area contributed by atoms with Crippen LogP contribution in [-0.2, 0) is 4.79 Å². The third-order valence-electron chi connectivity index (χ3n) is 2.62. The third-order valence-corrected chi connectivity index (χ3v) is 2.62. The predicted molar refractivity (Wildman–Crippen MR) is 73.6 cm³/mol. The average molecular weight is 308 g/mol. The summed E-state index contributed by atoms with van der Waals surface area (Å²) < 4.78 is 31.4. The minimum Gasteiger partial charge on any atom is -0.484 e. The molecule has 0 unspecified atom stereocenters. The van der Waals surface area contributed by atoms with Crippen LogP contribution in [0.25, 0.3) is 0 Å². The Kier molecular flexibility index (Phi) is 4.62. The minimum atomic E-state index is -0.773. The van der Waals surface area contributed by atoms with Gasteiger partial charge in [0.2, 0.25) is 0 Å². The molecule has 0 bridgehead atoms. The lowest BCUT2D eigenvalue weighted by Crippen LogP contribution is -2.20. The van der Waals surface area contributed by atoms with Crippen molar-refractivity contribution in [2.45, 2.75) is 0 Å². The lowest BCUT2D eigenvalue weighted by Gasteiger charge is -2.08. The van der Waals surface area contributed by atoms with E-state index in [2.05, 4.69) is 5.32 Å². The molecule has 0 aliphatic carbocycles. The van der Waals surface area contributed by atoms with Crippen molar-refractivity contribution in [3.05, 3.63) is 64.2 Å². The van der Waals surface area contributed by atoms with Gasteiger partial charge in [-0.1, -0.05) is 0 Å². The molecule has 1 N–H and O–H groups in total. The highest BCUT2D eigenvalue weighted by atomic mass is 19.1. The topological polar surface area (TPSA) is 81.5 Å². The Labute approximate surface area is 123 Å². The number of nitro groups is 1. The zero-order chi connectivity index (χ0) is 16.1. The Morgan fingerprint density at radius 1 is 1.18 bits per heavy atom. The molecule has 0 fully saturated rings. The van der Waals surface area contributed by atoms with E-state index in [1.54, 1.807) is 0 Å². The number of non-ortho nitro benzene ring substituents is 1. The molecule has 0 aliphatic rings. The number of hydrogen-bond donors (Lipinski definition) is 1. The van der Waals surface area contributed by atoms with Crippen LogP contribution in [0.4, 0.5) is 20.2 Å². The summed E-state index contributed by atoms with van der Waals surface area (Å²) >= 11 is 0. The molecule has 2 rings (SSSR count). The lowest BCUT2D eigenvalue weighted by molar-refractivity contribution is -0.384. The van der Waals surface area contributed by atoms with Gasteiger partial charge in [-0.2, -0.15) is 0 Å². The number of halogens is 2.